The molecule has 0 amide bonds. The normalized spacial score (nSPS) is 18.5. The minimum atomic E-state index is 0.261. The summed E-state index contributed by atoms with van der Waals surface area (Å²) in [6.07, 6.45) is 1.90. The van der Waals surface area contributed by atoms with Crippen molar-refractivity contribution in [2.24, 2.45) is 0 Å². The Morgan fingerprint density at radius 2 is 1.45 bits per heavy atom. The molecule has 1 atom stereocenters. The number of aromatic nitrogens is 1. The first-order valence-electron chi connectivity index (χ1n) is 8.19. The molecule has 1 saturated heterocycles. The molecule has 116 valence electrons. The van der Waals surface area contributed by atoms with E-state index in [4.69, 9.17) is 0 Å². The van der Waals surface area contributed by atoms with Crippen molar-refractivity contribution >= 4 is 0 Å². The van der Waals surface area contributed by atoms with Crippen molar-refractivity contribution in [3.63, 3.8) is 0 Å². The maximum absolute atomic E-state index is 4.63. The maximum Gasteiger partial charge on any atom is 0.0777 e. The molecule has 3 nitrogen and oxygen atoms in total. The Labute approximate surface area is 133 Å². The van der Waals surface area contributed by atoms with Crippen LogP contribution >= 0.6 is 0 Å². The van der Waals surface area contributed by atoms with Crippen LogP contribution in [0, 0.1) is 0 Å². The fraction of sp³-hybridized carbons (Fsp3) is 0.421. The van der Waals surface area contributed by atoms with E-state index < -0.39 is 0 Å². The van der Waals surface area contributed by atoms with Crippen LogP contribution in [0.3, 0.4) is 0 Å². The molecule has 1 unspecified atom stereocenters. The van der Waals surface area contributed by atoms with Crippen LogP contribution in [0.4, 0.5) is 0 Å². The molecule has 2 aromatic rings. The van der Waals surface area contributed by atoms with E-state index in [1.54, 1.807) is 0 Å². The summed E-state index contributed by atoms with van der Waals surface area (Å²) in [5.74, 6) is 0. The Morgan fingerprint density at radius 3 is 2.05 bits per heavy atom. The lowest BCUT2D eigenvalue weighted by atomic mass is 10.0. The molecule has 0 spiro atoms. The molecule has 1 aromatic heterocycles. The van der Waals surface area contributed by atoms with Crippen LogP contribution in [0.2, 0.25) is 0 Å². The van der Waals surface area contributed by atoms with Crippen LogP contribution in [0.1, 0.15) is 31.1 Å². The highest BCUT2D eigenvalue weighted by atomic mass is 15.3. The van der Waals surface area contributed by atoms with E-state index in [2.05, 4.69) is 71.1 Å². The minimum absolute atomic E-state index is 0.261. The third-order valence-corrected chi connectivity index (χ3v) is 4.53. The van der Waals surface area contributed by atoms with Gasteiger partial charge in [0, 0.05) is 38.4 Å². The molecule has 3 rings (SSSR count). The smallest absolute Gasteiger partial charge is 0.0777 e. The van der Waals surface area contributed by atoms with Gasteiger partial charge in [-0.15, -0.1) is 0 Å². The van der Waals surface area contributed by atoms with Crippen molar-refractivity contribution in [3.05, 3.63) is 66.0 Å². The summed E-state index contributed by atoms with van der Waals surface area (Å²) in [7, 11) is 0. The predicted molar refractivity (Wildman–Crippen MR) is 90.8 cm³/mol. The minimum Gasteiger partial charge on any atom is -0.298 e. The fourth-order valence-corrected chi connectivity index (χ4v) is 3.25. The number of benzene rings is 1. The lowest BCUT2D eigenvalue weighted by Crippen LogP contribution is -2.50. The predicted octanol–water partition coefficient (Wildman–Crippen LogP) is 3.20. The quantitative estimate of drug-likeness (QED) is 0.863. The molecule has 1 aromatic carbocycles. The number of hydrogen-bond donors (Lipinski definition) is 0. The Hall–Kier alpha value is -1.71. The van der Waals surface area contributed by atoms with Crippen LogP contribution in [0.15, 0.2) is 54.7 Å². The van der Waals surface area contributed by atoms with E-state index in [0.717, 1.165) is 31.9 Å². The average molecular weight is 295 g/mol. The van der Waals surface area contributed by atoms with Gasteiger partial charge < -0.3 is 0 Å². The summed E-state index contributed by atoms with van der Waals surface area (Å²) in [6, 6.07) is 17.9. The monoisotopic (exact) mass is 295 g/mol. The zero-order chi connectivity index (χ0) is 15.4. The van der Waals surface area contributed by atoms with Gasteiger partial charge in [0.15, 0.2) is 0 Å². The zero-order valence-corrected chi connectivity index (χ0v) is 13.5. The lowest BCUT2D eigenvalue weighted by Gasteiger charge is -2.40. The van der Waals surface area contributed by atoms with Gasteiger partial charge in [-0.25, -0.2) is 0 Å². The summed E-state index contributed by atoms with van der Waals surface area (Å²) >= 11 is 0. The molecule has 1 aliphatic heterocycles. The first-order chi connectivity index (χ1) is 10.8. The van der Waals surface area contributed by atoms with E-state index >= 15 is 0 Å². The third kappa shape index (κ3) is 3.37. The first-order valence-corrected chi connectivity index (χ1v) is 8.19. The summed E-state index contributed by atoms with van der Waals surface area (Å²) in [5.41, 5.74) is 2.48. The van der Waals surface area contributed by atoms with Gasteiger partial charge in [0.1, 0.15) is 0 Å². The van der Waals surface area contributed by atoms with Gasteiger partial charge >= 0.3 is 0 Å². The second-order valence-electron chi connectivity index (χ2n) is 6.23. The summed E-state index contributed by atoms with van der Waals surface area (Å²) < 4.78 is 0. The Kier molecular flexibility index (Phi) is 4.86. The number of piperazine rings is 1. The Bertz CT molecular complexity index is 520. The largest absolute Gasteiger partial charge is 0.298 e. The molecule has 1 fully saturated rings. The zero-order valence-electron chi connectivity index (χ0n) is 13.5. The fourth-order valence-electron chi connectivity index (χ4n) is 3.25. The van der Waals surface area contributed by atoms with Gasteiger partial charge in [0.05, 0.1) is 11.7 Å². The van der Waals surface area contributed by atoms with Gasteiger partial charge in [-0.2, -0.15) is 0 Å². The number of pyridine rings is 1. The standard InChI is InChI=1S/C19H25N3/c1-16(2)21-12-14-22(15-13-21)19(17-8-4-3-5-9-17)18-10-6-7-11-20-18/h3-11,16,19H,12-15H2,1-2H3. The van der Waals surface area contributed by atoms with Gasteiger partial charge in [0.25, 0.3) is 0 Å². The number of nitrogens with zero attached hydrogens (tertiary/aromatic N) is 3. The Balaban J connectivity index is 1.84. The molecular formula is C19H25N3. The van der Waals surface area contributed by atoms with Crippen LogP contribution < -0.4 is 0 Å². The second-order valence-corrected chi connectivity index (χ2v) is 6.23. The maximum atomic E-state index is 4.63. The molecule has 0 N–H and O–H groups in total. The average Bonchev–Trinajstić information content (AvgIpc) is 2.57. The van der Waals surface area contributed by atoms with Crippen molar-refractivity contribution in [2.45, 2.75) is 25.9 Å². The molecule has 2 heterocycles. The van der Waals surface area contributed by atoms with Gasteiger partial charge in [-0.1, -0.05) is 36.4 Å². The van der Waals surface area contributed by atoms with E-state index in [1.807, 2.05) is 12.3 Å². The first kappa shape index (κ1) is 15.2. The van der Waals surface area contributed by atoms with Crippen molar-refractivity contribution in [1.82, 2.24) is 14.8 Å². The second kappa shape index (κ2) is 7.03. The molecular weight excluding hydrogens is 270 g/mol. The van der Waals surface area contributed by atoms with E-state index in [-0.39, 0.29) is 6.04 Å². The van der Waals surface area contributed by atoms with E-state index in [1.165, 1.54) is 5.56 Å². The molecule has 22 heavy (non-hydrogen) atoms. The van der Waals surface area contributed by atoms with Crippen molar-refractivity contribution in [3.8, 4) is 0 Å². The van der Waals surface area contributed by atoms with Crippen LogP contribution in [-0.2, 0) is 0 Å². The van der Waals surface area contributed by atoms with E-state index in [0.29, 0.717) is 6.04 Å². The third-order valence-electron chi connectivity index (χ3n) is 4.53. The van der Waals surface area contributed by atoms with E-state index in [9.17, 15) is 0 Å². The van der Waals surface area contributed by atoms with Crippen LogP contribution in [0.5, 0.6) is 0 Å². The van der Waals surface area contributed by atoms with Gasteiger partial charge in [-0.3, -0.25) is 14.8 Å². The van der Waals surface area contributed by atoms with Crippen molar-refractivity contribution < 1.29 is 0 Å². The number of rotatable bonds is 4. The molecule has 1 aliphatic rings. The molecule has 0 aliphatic carbocycles. The molecule has 0 radical (unpaired) electrons. The molecule has 3 heteroatoms. The Morgan fingerprint density at radius 1 is 0.818 bits per heavy atom. The lowest BCUT2D eigenvalue weighted by molar-refractivity contribution is 0.0881. The topological polar surface area (TPSA) is 19.4 Å². The van der Waals surface area contributed by atoms with Crippen molar-refractivity contribution in [1.29, 1.82) is 0 Å². The summed E-state index contributed by atoms with van der Waals surface area (Å²) in [4.78, 5) is 9.75. The summed E-state index contributed by atoms with van der Waals surface area (Å²) in [5, 5.41) is 0. The molecule has 0 saturated carbocycles. The van der Waals surface area contributed by atoms with Crippen LogP contribution in [-0.4, -0.2) is 47.0 Å². The highest BCUT2D eigenvalue weighted by Gasteiger charge is 2.27. The number of hydrogen-bond acceptors (Lipinski definition) is 3. The SMILES string of the molecule is CC(C)N1CCN(C(c2ccccc2)c2ccccn2)CC1. The highest BCUT2D eigenvalue weighted by Crippen LogP contribution is 2.28. The summed E-state index contributed by atoms with van der Waals surface area (Å²) in [6.45, 7) is 9.01. The van der Waals surface area contributed by atoms with Crippen molar-refractivity contribution in [2.75, 3.05) is 26.2 Å². The van der Waals surface area contributed by atoms with Gasteiger partial charge in [0.2, 0.25) is 0 Å². The molecule has 0 bridgehead atoms. The highest BCUT2D eigenvalue weighted by molar-refractivity contribution is 5.28. The van der Waals surface area contributed by atoms with Gasteiger partial charge in [-0.05, 0) is 31.5 Å². The van der Waals surface area contributed by atoms with Crippen LogP contribution in [0.25, 0.3) is 0 Å².